The minimum Gasteiger partial charge on any atom is -0.379 e. The standard InChI is InChI=1S/C13H16F3NOS/c1-2-17-6-9-3-4-12(19-10-7-18-8-10)11(5-9)13(14,15)16/h3-5,10,17H,2,6-8H2,1H3. The molecule has 0 aliphatic carbocycles. The summed E-state index contributed by atoms with van der Waals surface area (Å²) in [6, 6.07) is 4.56. The van der Waals surface area contributed by atoms with Crippen molar-refractivity contribution in [2.75, 3.05) is 19.8 Å². The van der Waals surface area contributed by atoms with E-state index in [9.17, 15) is 13.2 Å². The van der Waals surface area contributed by atoms with Crippen LogP contribution in [0.3, 0.4) is 0 Å². The molecule has 2 rings (SSSR count). The summed E-state index contributed by atoms with van der Waals surface area (Å²) >= 11 is 1.25. The average molecular weight is 291 g/mol. The molecule has 0 aromatic heterocycles. The van der Waals surface area contributed by atoms with E-state index in [1.165, 1.54) is 17.8 Å². The number of benzene rings is 1. The lowest BCUT2D eigenvalue weighted by molar-refractivity contribution is -0.139. The maximum atomic E-state index is 13.1. The van der Waals surface area contributed by atoms with Gasteiger partial charge in [-0.25, -0.2) is 0 Å². The van der Waals surface area contributed by atoms with Gasteiger partial charge in [0.2, 0.25) is 0 Å². The van der Waals surface area contributed by atoms with Gasteiger partial charge in [-0.05, 0) is 24.2 Å². The summed E-state index contributed by atoms with van der Waals surface area (Å²) in [5, 5.41) is 3.17. The molecule has 0 saturated carbocycles. The molecule has 1 fully saturated rings. The molecule has 0 spiro atoms. The fraction of sp³-hybridized carbons (Fsp3) is 0.538. The van der Waals surface area contributed by atoms with Gasteiger partial charge in [0.05, 0.1) is 24.0 Å². The van der Waals surface area contributed by atoms with Crippen molar-refractivity contribution in [2.45, 2.75) is 29.8 Å². The van der Waals surface area contributed by atoms with Crippen molar-refractivity contribution in [1.82, 2.24) is 5.32 Å². The largest absolute Gasteiger partial charge is 0.417 e. The molecule has 1 aliphatic rings. The molecule has 0 amide bonds. The van der Waals surface area contributed by atoms with E-state index in [4.69, 9.17) is 4.74 Å². The summed E-state index contributed by atoms with van der Waals surface area (Å²) in [5.74, 6) is 0. The van der Waals surface area contributed by atoms with Crippen LogP contribution in [0.5, 0.6) is 0 Å². The normalized spacial score (nSPS) is 16.4. The Bertz CT molecular complexity index is 432. The van der Waals surface area contributed by atoms with Crippen LogP contribution >= 0.6 is 11.8 Å². The van der Waals surface area contributed by atoms with Gasteiger partial charge in [-0.15, -0.1) is 11.8 Å². The molecule has 19 heavy (non-hydrogen) atoms. The Balaban J connectivity index is 2.20. The molecule has 0 unspecified atom stereocenters. The van der Waals surface area contributed by atoms with Crippen LogP contribution in [0.15, 0.2) is 23.1 Å². The molecule has 0 bridgehead atoms. The number of thioether (sulfide) groups is 1. The zero-order chi connectivity index (χ0) is 13.9. The summed E-state index contributed by atoms with van der Waals surface area (Å²) < 4.78 is 44.2. The minimum atomic E-state index is -4.31. The fourth-order valence-electron chi connectivity index (χ4n) is 1.74. The highest BCUT2D eigenvalue weighted by atomic mass is 32.2. The predicted octanol–water partition coefficient (Wildman–Crippen LogP) is 3.31. The molecular weight excluding hydrogens is 275 g/mol. The third-order valence-corrected chi connectivity index (χ3v) is 4.05. The molecule has 1 saturated heterocycles. The van der Waals surface area contributed by atoms with Crippen molar-refractivity contribution in [3.8, 4) is 0 Å². The van der Waals surface area contributed by atoms with E-state index in [0.717, 1.165) is 6.54 Å². The van der Waals surface area contributed by atoms with Gasteiger partial charge in [-0.3, -0.25) is 0 Å². The molecule has 1 aromatic carbocycles. The SMILES string of the molecule is CCNCc1ccc(SC2COC2)c(C(F)(F)F)c1. The van der Waals surface area contributed by atoms with Crippen LogP contribution in [0.4, 0.5) is 13.2 Å². The van der Waals surface area contributed by atoms with Crippen LogP contribution in [0.25, 0.3) is 0 Å². The highest BCUT2D eigenvalue weighted by Crippen LogP contribution is 2.39. The van der Waals surface area contributed by atoms with Crippen molar-refractivity contribution >= 4 is 11.8 Å². The number of rotatable bonds is 5. The van der Waals surface area contributed by atoms with Gasteiger partial charge in [-0.2, -0.15) is 13.2 Å². The number of hydrogen-bond donors (Lipinski definition) is 1. The molecule has 1 aliphatic heterocycles. The summed E-state index contributed by atoms with van der Waals surface area (Å²) in [5.41, 5.74) is 0.114. The van der Waals surface area contributed by atoms with Crippen LogP contribution < -0.4 is 5.32 Å². The number of alkyl halides is 3. The average Bonchev–Trinajstić information content (AvgIpc) is 2.30. The first-order chi connectivity index (χ1) is 9.00. The van der Waals surface area contributed by atoms with E-state index < -0.39 is 11.7 Å². The Hall–Kier alpha value is -0.720. The third kappa shape index (κ3) is 3.87. The van der Waals surface area contributed by atoms with Gasteiger partial charge < -0.3 is 10.1 Å². The summed E-state index contributed by atoms with van der Waals surface area (Å²) in [6.07, 6.45) is -4.31. The van der Waals surface area contributed by atoms with Crippen molar-refractivity contribution in [1.29, 1.82) is 0 Å². The van der Waals surface area contributed by atoms with E-state index in [1.807, 2.05) is 6.92 Å². The van der Waals surface area contributed by atoms with Crippen molar-refractivity contribution in [3.05, 3.63) is 29.3 Å². The summed E-state index contributed by atoms with van der Waals surface area (Å²) in [6.45, 7) is 4.17. The number of halogens is 3. The van der Waals surface area contributed by atoms with E-state index in [2.05, 4.69) is 5.32 Å². The maximum absolute atomic E-state index is 13.1. The summed E-state index contributed by atoms with van der Waals surface area (Å²) in [7, 11) is 0. The van der Waals surface area contributed by atoms with Crippen LogP contribution in [0, 0.1) is 0 Å². The van der Waals surface area contributed by atoms with Crippen molar-refractivity contribution in [3.63, 3.8) is 0 Å². The molecular formula is C13H16F3NOS. The van der Waals surface area contributed by atoms with Gasteiger partial charge in [0.25, 0.3) is 0 Å². The van der Waals surface area contributed by atoms with Crippen molar-refractivity contribution < 1.29 is 17.9 Å². The highest BCUT2D eigenvalue weighted by Gasteiger charge is 2.35. The van der Waals surface area contributed by atoms with E-state index in [0.29, 0.717) is 30.2 Å². The second-order valence-corrected chi connectivity index (χ2v) is 5.73. The maximum Gasteiger partial charge on any atom is 0.417 e. The minimum absolute atomic E-state index is 0.140. The topological polar surface area (TPSA) is 21.3 Å². The summed E-state index contributed by atoms with van der Waals surface area (Å²) in [4.78, 5) is 0.293. The molecule has 1 N–H and O–H groups in total. The lowest BCUT2D eigenvalue weighted by Crippen LogP contribution is -2.30. The Labute approximate surface area is 114 Å². The van der Waals surface area contributed by atoms with Crippen LogP contribution in [0.2, 0.25) is 0 Å². The van der Waals surface area contributed by atoms with Gasteiger partial charge in [0.1, 0.15) is 0 Å². The molecule has 1 aromatic rings. The number of hydrogen-bond acceptors (Lipinski definition) is 3. The molecule has 106 valence electrons. The van der Waals surface area contributed by atoms with Gasteiger partial charge in [-0.1, -0.05) is 13.0 Å². The zero-order valence-corrected chi connectivity index (χ0v) is 11.4. The second-order valence-electron chi connectivity index (χ2n) is 4.39. The van der Waals surface area contributed by atoms with Crippen molar-refractivity contribution in [2.24, 2.45) is 0 Å². The van der Waals surface area contributed by atoms with E-state index in [1.54, 1.807) is 12.1 Å². The highest BCUT2D eigenvalue weighted by molar-refractivity contribution is 8.00. The lowest BCUT2D eigenvalue weighted by atomic mass is 10.1. The van der Waals surface area contributed by atoms with E-state index in [-0.39, 0.29) is 5.25 Å². The number of nitrogens with one attached hydrogen (secondary N) is 1. The van der Waals surface area contributed by atoms with Crippen LogP contribution in [-0.4, -0.2) is 25.0 Å². The Morgan fingerprint density at radius 3 is 2.63 bits per heavy atom. The smallest absolute Gasteiger partial charge is 0.379 e. The molecule has 2 nitrogen and oxygen atoms in total. The Kier molecular flexibility index (Phi) is 4.76. The van der Waals surface area contributed by atoms with Crippen LogP contribution in [0.1, 0.15) is 18.1 Å². The van der Waals surface area contributed by atoms with Gasteiger partial charge >= 0.3 is 6.18 Å². The van der Waals surface area contributed by atoms with E-state index >= 15 is 0 Å². The van der Waals surface area contributed by atoms with Crippen LogP contribution in [-0.2, 0) is 17.5 Å². The molecule has 0 radical (unpaired) electrons. The second kappa shape index (κ2) is 6.15. The quantitative estimate of drug-likeness (QED) is 0.899. The first kappa shape index (κ1) is 14.7. The van der Waals surface area contributed by atoms with Gasteiger partial charge in [0, 0.05) is 11.4 Å². The predicted molar refractivity (Wildman–Crippen MR) is 69.3 cm³/mol. The lowest BCUT2D eigenvalue weighted by Gasteiger charge is -2.26. The molecule has 0 atom stereocenters. The van der Waals surface area contributed by atoms with Gasteiger partial charge in [0.15, 0.2) is 0 Å². The Morgan fingerprint density at radius 1 is 1.37 bits per heavy atom. The first-order valence-electron chi connectivity index (χ1n) is 6.16. The Morgan fingerprint density at radius 2 is 2.11 bits per heavy atom. The monoisotopic (exact) mass is 291 g/mol. The first-order valence-corrected chi connectivity index (χ1v) is 7.04. The molecule has 1 heterocycles. The fourth-order valence-corrected chi connectivity index (χ4v) is 2.88. The molecule has 6 heteroatoms. The zero-order valence-electron chi connectivity index (χ0n) is 10.6. The number of ether oxygens (including phenoxy) is 1. The third-order valence-electron chi connectivity index (χ3n) is 2.83.